The summed E-state index contributed by atoms with van der Waals surface area (Å²) < 4.78 is 6.41. The molecule has 0 amide bonds. The van der Waals surface area contributed by atoms with Gasteiger partial charge in [0.25, 0.3) is 0 Å². The summed E-state index contributed by atoms with van der Waals surface area (Å²) in [6.45, 7) is 13.2. The molecule has 0 aromatic rings. The van der Waals surface area contributed by atoms with Crippen molar-refractivity contribution in [3.8, 4) is 0 Å². The van der Waals surface area contributed by atoms with E-state index in [2.05, 4.69) is 27.7 Å². The van der Waals surface area contributed by atoms with E-state index >= 15 is 0 Å². The average Bonchev–Trinajstić information content (AvgIpc) is 2.34. The molecule has 4 rings (SSSR count). The maximum Gasteiger partial charge on any atom is 0.312 e. The predicted molar refractivity (Wildman–Crippen MR) is 89.4 cm³/mol. The molecule has 4 saturated carbocycles. The molecule has 0 N–H and O–H groups in total. The molecule has 0 aromatic heterocycles. The molecule has 4 fully saturated rings. The summed E-state index contributed by atoms with van der Waals surface area (Å²) in [6, 6.07) is 0. The Kier molecular flexibility index (Phi) is 3.70. The van der Waals surface area contributed by atoms with E-state index < -0.39 is 0 Å². The van der Waals surface area contributed by atoms with Gasteiger partial charge in [0, 0.05) is 5.92 Å². The number of carbonyl (C=O) groups is 1. The lowest BCUT2D eigenvalue weighted by molar-refractivity contribution is -0.232. The SMILES string of the molecule is CCC(C)(C)C(=O)OC12CC3CC(CC(C3)C1C(C)(C)C)C2. The van der Waals surface area contributed by atoms with E-state index in [9.17, 15) is 4.79 Å². The van der Waals surface area contributed by atoms with Crippen molar-refractivity contribution in [1.82, 2.24) is 0 Å². The van der Waals surface area contributed by atoms with Gasteiger partial charge in [-0.2, -0.15) is 0 Å². The summed E-state index contributed by atoms with van der Waals surface area (Å²) in [4.78, 5) is 12.8. The monoisotopic (exact) mass is 306 g/mol. The lowest BCUT2D eigenvalue weighted by atomic mass is 9.45. The molecule has 3 atom stereocenters. The maximum atomic E-state index is 12.8. The van der Waals surface area contributed by atoms with Crippen LogP contribution in [0.5, 0.6) is 0 Å². The molecule has 22 heavy (non-hydrogen) atoms. The lowest BCUT2D eigenvalue weighted by Gasteiger charge is -2.63. The molecule has 3 unspecified atom stereocenters. The molecule has 126 valence electrons. The largest absolute Gasteiger partial charge is 0.458 e. The third kappa shape index (κ3) is 2.51. The van der Waals surface area contributed by atoms with Gasteiger partial charge in [-0.1, -0.05) is 27.7 Å². The van der Waals surface area contributed by atoms with Crippen molar-refractivity contribution < 1.29 is 9.53 Å². The topological polar surface area (TPSA) is 26.3 Å². The third-order valence-electron chi connectivity index (χ3n) is 6.91. The van der Waals surface area contributed by atoms with Gasteiger partial charge in [0.05, 0.1) is 5.41 Å². The van der Waals surface area contributed by atoms with Crippen molar-refractivity contribution in [2.75, 3.05) is 0 Å². The Morgan fingerprint density at radius 1 is 1.05 bits per heavy atom. The summed E-state index contributed by atoms with van der Waals surface area (Å²) in [5.74, 6) is 2.93. The summed E-state index contributed by atoms with van der Waals surface area (Å²) in [6.07, 6.45) is 7.20. The van der Waals surface area contributed by atoms with Crippen LogP contribution in [0.25, 0.3) is 0 Å². The minimum absolute atomic E-state index is 0.0335. The molecule has 0 aromatic carbocycles. The molecule has 0 spiro atoms. The molecule has 0 heterocycles. The smallest absolute Gasteiger partial charge is 0.312 e. The van der Waals surface area contributed by atoms with Gasteiger partial charge in [-0.05, 0) is 75.5 Å². The summed E-state index contributed by atoms with van der Waals surface area (Å²) in [7, 11) is 0. The molecular formula is C20H34O2. The van der Waals surface area contributed by atoms with Crippen LogP contribution in [0.15, 0.2) is 0 Å². The quantitative estimate of drug-likeness (QED) is 0.669. The summed E-state index contributed by atoms with van der Waals surface area (Å²) in [5, 5.41) is 0. The van der Waals surface area contributed by atoms with Gasteiger partial charge in [-0.25, -0.2) is 0 Å². The van der Waals surface area contributed by atoms with Crippen molar-refractivity contribution in [2.45, 2.75) is 85.7 Å². The van der Waals surface area contributed by atoms with Crippen LogP contribution in [0, 0.1) is 34.5 Å². The van der Waals surface area contributed by atoms with Crippen LogP contribution in [-0.2, 0) is 9.53 Å². The Hall–Kier alpha value is -0.530. The molecule has 4 bridgehead atoms. The van der Waals surface area contributed by atoms with Gasteiger partial charge in [0.1, 0.15) is 5.60 Å². The number of ether oxygens (including phenoxy) is 1. The Balaban J connectivity index is 1.92. The van der Waals surface area contributed by atoms with Crippen LogP contribution in [0.3, 0.4) is 0 Å². The van der Waals surface area contributed by atoms with E-state index in [1.54, 1.807) is 0 Å². The van der Waals surface area contributed by atoms with Crippen LogP contribution in [-0.4, -0.2) is 11.6 Å². The highest BCUT2D eigenvalue weighted by Crippen LogP contribution is 2.64. The molecule has 4 aliphatic carbocycles. The molecule has 2 heteroatoms. The van der Waals surface area contributed by atoms with E-state index in [0.717, 1.165) is 37.0 Å². The maximum absolute atomic E-state index is 12.8. The van der Waals surface area contributed by atoms with Gasteiger partial charge in [0.15, 0.2) is 0 Å². The van der Waals surface area contributed by atoms with Crippen molar-refractivity contribution in [3.63, 3.8) is 0 Å². The van der Waals surface area contributed by atoms with Gasteiger partial charge in [0.2, 0.25) is 0 Å². The molecular weight excluding hydrogens is 272 g/mol. The van der Waals surface area contributed by atoms with Gasteiger partial charge < -0.3 is 4.74 Å². The predicted octanol–water partition coefficient (Wildman–Crippen LogP) is 5.21. The van der Waals surface area contributed by atoms with Crippen LogP contribution in [0.2, 0.25) is 0 Å². The minimum Gasteiger partial charge on any atom is -0.458 e. The average molecular weight is 306 g/mol. The van der Waals surface area contributed by atoms with E-state index in [1.807, 2.05) is 13.8 Å². The Morgan fingerprint density at radius 3 is 2.05 bits per heavy atom. The van der Waals surface area contributed by atoms with Crippen molar-refractivity contribution in [2.24, 2.45) is 34.5 Å². The molecule has 0 saturated heterocycles. The molecule has 0 radical (unpaired) electrons. The highest BCUT2D eigenvalue weighted by Gasteiger charge is 2.62. The summed E-state index contributed by atoms with van der Waals surface area (Å²) >= 11 is 0. The van der Waals surface area contributed by atoms with Crippen LogP contribution < -0.4 is 0 Å². The Bertz CT molecular complexity index is 443. The minimum atomic E-state index is -0.355. The van der Waals surface area contributed by atoms with Gasteiger partial charge in [-0.15, -0.1) is 0 Å². The molecule has 4 aliphatic rings. The molecule has 0 aliphatic heterocycles. The Labute approximate surface area is 136 Å². The first-order chi connectivity index (χ1) is 10.1. The number of esters is 1. The highest BCUT2D eigenvalue weighted by molar-refractivity contribution is 5.76. The zero-order valence-corrected chi connectivity index (χ0v) is 15.4. The highest BCUT2D eigenvalue weighted by atomic mass is 16.6. The third-order valence-corrected chi connectivity index (χ3v) is 6.91. The van der Waals surface area contributed by atoms with Gasteiger partial charge in [-0.3, -0.25) is 4.79 Å². The fourth-order valence-electron chi connectivity index (χ4n) is 6.08. The Morgan fingerprint density at radius 2 is 1.59 bits per heavy atom. The van der Waals surface area contributed by atoms with E-state index in [1.165, 1.54) is 19.3 Å². The normalized spacial score (nSPS) is 40.8. The number of carbonyl (C=O) groups excluding carboxylic acids is 1. The zero-order valence-electron chi connectivity index (χ0n) is 15.4. The lowest BCUT2D eigenvalue weighted by Crippen LogP contribution is -2.63. The first-order valence-electron chi connectivity index (χ1n) is 9.31. The number of hydrogen-bond acceptors (Lipinski definition) is 2. The van der Waals surface area contributed by atoms with Crippen LogP contribution in [0.4, 0.5) is 0 Å². The number of rotatable bonds is 3. The standard InChI is InChI=1S/C20H34O2/c1-7-19(5,6)17(21)22-20-11-13-8-14(12-20)10-15(9-13)16(20)18(2,3)4/h13-16H,7-12H2,1-6H3. The van der Waals surface area contributed by atoms with Crippen molar-refractivity contribution >= 4 is 5.97 Å². The van der Waals surface area contributed by atoms with E-state index in [-0.39, 0.29) is 22.4 Å². The second kappa shape index (κ2) is 4.98. The first kappa shape index (κ1) is 16.3. The fraction of sp³-hybridized carbons (Fsp3) is 0.950. The van der Waals surface area contributed by atoms with Crippen molar-refractivity contribution in [3.05, 3.63) is 0 Å². The zero-order chi connectivity index (χ0) is 16.3. The second-order valence-electron chi connectivity index (χ2n) is 10.1. The van der Waals surface area contributed by atoms with E-state index in [0.29, 0.717) is 5.92 Å². The second-order valence-corrected chi connectivity index (χ2v) is 10.1. The van der Waals surface area contributed by atoms with Gasteiger partial charge >= 0.3 is 5.97 Å². The molecule has 2 nitrogen and oxygen atoms in total. The van der Waals surface area contributed by atoms with Crippen LogP contribution >= 0.6 is 0 Å². The van der Waals surface area contributed by atoms with E-state index in [4.69, 9.17) is 4.74 Å². The summed E-state index contributed by atoms with van der Waals surface area (Å²) in [5.41, 5.74) is -0.309. The van der Waals surface area contributed by atoms with Crippen LogP contribution in [0.1, 0.15) is 80.1 Å². The fourth-order valence-corrected chi connectivity index (χ4v) is 6.08. The first-order valence-corrected chi connectivity index (χ1v) is 9.31. The van der Waals surface area contributed by atoms with Crippen molar-refractivity contribution in [1.29, 1.82) is 0 Å². The number of hydrogen-bond donors (Lipinski definition) is 0.